The van der Waals surface area contributed by atoms with E-state index in [4.69, 9.17) is 11.6 Å². The van der Waals surface area contributed by atoms with E-state index in [1.165, 1.54) is 12.1 Å². The zero-order chi connectivity index (χ0) is 21.0. The predicted octanol–water partition coefficient (Wildman–Crippen LogP) is 4.53. The number of nitrogens with zero attached hydrogens (tertiary/aromatic N) is 1. The number of nitrogens with one attached hydrogen (secondary N) is 1. The van der Waals surface area contributed by atoms with Gasteiger partial charge >= 0.3 is 6.18 Å². The van der Waals surface area contributed by atoms with Gasteiger partial charge in [0.25, 0.3) is 5.91 Å². The lowest BCUT2D eigenvalue weighted by Crippen LogP contribution is -2.54. The minimum atomic E-state index is -4.53. The Morgan fingerprint density at radius 1 is 1.11 bits per heavy atom. The van der Waals surface area contributed by atoms with Gasteiger partial charge in [-0.2, -0.15) is 13.2 Å². The predicted molar refractivity (Wildman–Crippen MR) is 99.6 cm³/mol. The van der Waals surface area contributed by atoms with Gasteiger partial charge in [-0.25, -0.2) is 0 Å². The summed E-state index contributed by atoms with van der Waals surface area (Å²) in [6.45, 7) is 7.12. The van der Waals surface area contributed by atoms with Gasteiger partial charge in [-0.15, -0.1) is 0 Å². The second-order valence-electron chi connectivity index (χ2n) is 8.05. The number of alkyl halides is 3. The molecule has 1 aromatic carbocycles. The molecule has 1 unspecified atom stereocenters. The number of carbonyl (C=O) groups excluding carboxylic acids is 2. The quantitative estimate of drug-likeness (QED) is 0.754. The Balaban J connectivity index is 3.09. The summed E-state index contributed by atoms with van der Waals surface area (Å²) in [6.07, 6.45) is -4.53. The molecule has 0 radical (unpaired) electrons. The molecule has 0 saturated heterocycles. The first-order valence-electron chi connectivity index (χ1n) is 8.62. The van der Waals surface area contributed by atoms with Crippen LogP contribution < -0.4 is 5.32 Å². The van der Waals surface area contributed by atoms with Gasteiger partial charge in [-0.05, 0) is 23.5 Å². The number of rotatable bonds is 6. The molecule has 0 aliphatic rings. The Hall–Kier alpha value is -1.76. The van der Waals surface area contributed by atoms with Gasteiger partial charge in [0.2, 0.25) is 5.91 Å². The number of carbonyl (C=O) groups is 2. The average Bonchev–Trinajstić information content (AvgIpc) is 2.48. The van der Waals surface area contributed by atoms with E-state index in [1.54, 1.807) is 46.8 Å². The fourth-order valence-corrected chi connectivity index (χ4v) is 2.80. The van der Waals surface area contributed by atoms with Crippen LogP contribution >= 0.6 is 11.6 Å². The van der Waals surface area contributed by atoms with Crippen molar-refractivity contribution in [2.24, 2.45) is 11.3 Å². The van der Waals surface area contributed by atoms with E-state index in [0.29, 0.717) is 0 Å². The smallest absolute Gasteiger partial charge is 0.340 e. The first-order valence-corrected chi connectivity index (χ1v) is 9.00. The van der Waals surface area contributed by atoms with Crippen LogP contribution in [0.3, 0.4) is 0 Å². The lowest BCUT2D eigenvalue weighted by Gasteiger charge is -2.34. The number of hydrogen-bond donors (Lipinski definition) is 1. The van der Waals surface area contributed by atoms with Crippen LogP contribution in [-0.4, -0.2) is 42.0 Å². The molecular formula is C19H26ClF3N2O2. The highest BCUT2D eigenvalue weighted by molar-refractivity contribution is 6.33. The van der Waals surface area contributed by atoms with Crippen LogP contribution in [0.1, 0.15) is 45.0 Å². The molecule has 2 amide bonds. The molecule has 0 saturated carbocycles. The van der Waals surface area contributed by atoms with Crippen molar-refractivity contribution < 1.29 is 22.8 Å². The second kappa shape index (κ2) is 8.95. The van der Waals surface area contributed by atoms with Gasteiger partial charge in [0.05, 0.1) is 10.6 Å². The number of halogens is 4. The van der Waals surface area contributed by atoms with Crippen LogP contribution in [0.2, 0.25) is 5.02 Å². The van der Waals surface area contributed by atoms with E-state index in [2.05, 4.69) is 5.32 Å². The minimum Gasteiger partial charge on any atom is -0.340 e. The summed E-state index contributed by atoms with van der Waals surface area (Å²) in [7, 11) is 0. The van der Waals surface area contributed by atoms with Crippen molar-refractivity contribution in [2.75, 3.05) is 13.1 Å². The highest BCUT2D eigenvalue weighted by Gasteiger charge is 2.38. The molecule has 0 spiro atoms. The molecule has 27 heavy (non-hydrogen) atoms. The normalized spacial score (nSPS) is 13.4. The van der Waals surface area contributed by atoms with Crippen molar-refractivity contribution in [1.29, 1.82) is 0 Å². The number of amides is 2. The summed E-state index contributed by atoms with van der Waals surface area (Å²) in [5, 5.41) is 2.74. The molecule has 0 fully saturated rings. The summed E-state index contributed by atoms with van der Waals surface area (Å²) in [5.74, 6) is -1.77. The van der Waals surface area contributed by atoms with E-state index in [9.17, 15) is 22.8 Å². The van der Waals surface area contributed by atoms with Crippen molar-refractivity contribution in [3.05, 3.63) is 34.9 Å². The summed E-state index contributed by atoms with van der Waals surface area (Å²) >= 11 is 5.99. The maximum absolute atomic E-state index is 13.0. The van der Waals surface area contributed by atoms with Gasteiger partial charge < -0.3 is 10.2 Å². The highest BCUT2D eigenvalue weighted by atomic mass is 35.5. The van der Waals surface area contributed by atoms with E-state index in [0.717, 1.165) is 4.90 Å². The summed E-state index contributed by atoms with van der Waals surface area (Å²) < 4.78 is 39.0. The zero-order valence-corrected chi connectivity index (χ0v) is 16.9. The first-order chi connectivity index (χ1) is 12.2. The molecular weight excluding hydrogens is 381 g/mol. The fraction of sp³-hybridized carbons (Fsp3) is 0.579. The molecule has 152 valence electrons. The van der Waals surface area contributed by atoms with Crippen molar-refractivity contribution in [3.8, 4) is 0 Å². The molecule has 0 bridgehead atoms. The Labute approximate surface area is 163 Å². The molecule has 4 nitrogen and oxygen atoms in total. The Morgan fingerprint density at radius 3 is 2.11 bits per heavy atom. The molecule has 8 heteroatoms. The van der Waals surface area contributed by atoms with Crippen molar-refractivity contribution in [1.82, 2.24) is 10.2 Å². The lowest BCUT2D eigenvalue weighted by molar-refractivity contribution is -0.165. The van der Waals surface area contributed by atoms with Crippen LogP contribution in [0, 0.1) is 11.3 Å². The average molecular weight is 407 g/mol. The molecule has 1 rings (SSSR count). The minimum absolute atomic E-state index is 0.0868. The van der Waals surface area contributed by atoms with Gasteiger partial charge in [0.1, 0.15) is 12.6 Å². The molecule has 0 aliphatic carbocycles. The maximum Gasteiger partial charge on any atom is 0.406 e. The number of benzene rings is 1. The van der Waals surface area contributed by atoms with Gasteiger partial charge in [0, 0.05) is 6.54 Å². The van der Waals surface area contributed by atoms with E-state index in [-0.39, 0.29) is 17.1 Å². The molecule has 0 aliphatic heterocycles. The summed E-state index contributed by atoms with van der Waals surface area (Å²) in [4.78, 5) is 26.1. The maximum atomic E-state index is 13.0. The lowest BCUT2D eigenvalue weighted by atomic mass is 9.94. The highest BCUT2D eigenvalue weighted by Crippen LogP contribution is 2.23. The third-order valence-corrected chi connectivity index (χ3v) is 4.01. The van der Waals surface area contributed by atoms with E-state index in [1.807, 2.05) is 0 Å². The van der Waals surface area contributed by atoms with Crippen LogP contribution in [0.15, 0.2) is 24.3 Å². The largest absolute Gasteiger partial charge is 0.406 e. The van der Waals surface area contributed by atoms with E-state index < -0.39 is 41.9 Å². The topological polar surface area (TPSA) is 49.4 Å². The van der Waals surface area contributed by atoms with Crippen LogP contribution in [0.5, 0.6) is 0 Å². The summed E-state index contributed by atoms with van der Waals surface area (Å²) in [6, 6.07) is 5.18. The second-order valence-corrected chi connectivity index (χ2v) is 8.45. The monoisotopic (exact) mass is 406 g/mol. The molecule has 1 atom stereocenters. The third-order valence-electron chi connectivity index (χ3n) is 3.68. The molecule has 1 N–H and O–H groups in total. The first kappa shape index (κ1) is 23.3. The third kappa shape index (κ3) is 7.79. The Bertz CT molecular complexity index is 654. The van der Waals surface area contributed by atoms with Crippen molar-refractivity contribution in [3.63, 3.8) is 0 Å². The fourth-order valence-electron chi connectivity index (χ4n) is 2.58. The van der Waals surface area contributed by atoms with Crippen LogP contribution in [-0.2, 0) is 4.79 Å². The molecule has 0 aromatic heterocycles. The van der Waals surface area contributed by atoms with Crippen LogP contribution in [0.25, 0.3) is 0 Å². The summed E-state index contributed by atoms with van der Waals surface area (Å²) in [5.41, 5.74) is -0.370. The molecule has 0 heterocycles. The van der Waals surface area contributed by atoms with Gasteiger partial charge in [-0.3, -0.25) is 9.59 Å². The standard InChI is InChI=1S/C19H26ClF3N2O2/c1-12(2)15(24-16(26)13-8-6-7-9-14(13)20)17(27)25(10-18(3,4)5)11-19(21,22)23/h6-9,12,15H,10-11H2,1-5H3,(H,24,26). The Morgan fingerprint density at radius 2 is 1.67 bits per heavy atom. The van der Waals surface area contributed by atoms with Gasteiger partial charge in [0.15, 0.2) is 0 Å². The van der Waals surface area contributed by atoms with E-state index >= 15 is 0 Å². The molecule has 1 aromatic rings. The van der Waals surface area contributed by atoms with Crippen molar-refractivity contribution in [2.45, 2.75) is 46.8 Å². The number of hydrogen-bond acceptors (Lipinski definition) is 2. The SMILES string of the molecule is CC(C)C(NC(=O)c1ccccc1Cl)C(=O)N(CC(C)(C)C)CC(F)(F)F. The van der Waals surface area contributed by atoms with Gasteiger partial charge in [-0.1, -0.05) is 58.4 Å². The van der Waals surface area contributed by atoms with Crippen molar-refractivity contribution >= 4 is 23.4 Å². The van der Waals surface area contributed by atoms with Crippen LogP contribution in [0.4, 0.5) is 13.2 Å². The Kier molecular flexibility index (Phi) is 7.72. The zero-order valence-electron chi connectivity index (χ0n) is 16.2.